The van der Waals surface area contributed by atoms with Gasteiger partial charge in [0.1, 0.15) is 6.17 Å². The van der Waals surface area contributed by atoms with Crippen LogP contribution in [0.3, 0.4) is 0 Å². The predicted molar refractivity (Wildman–Crippen MR) is 39.8 cm³/mol. The molecule has 69 valence electrons. The molecular weight excluding hydrogens is 238 g/mol. The third kappa shape index (κ3) is 7.13. The SMILES string of the molecule is CC(C)C(=O)NCC(F)CO.[Y]. The van der Waals surface area contributed by atoms with Crippen LogP contribution in [0.5, 0.6) is 0 Å². The predicted octanol–water partition coefficient (Wildman–Crippen LogP) is 0.0865. The van der Waals surface area contributed by atoms with Crippen LogP contribution in [0.25, 0.3) is 0 Å². The Morgan fingerprint density at radius 3 is 2.42 bits per heavy atom. The van der Waals surface area contributed by atoms with Crippen molar-refractivity contribution in [2.45, 2.75) is 20.0 Å². The molecule has 0 saturated carbocycles. The van der Waals surface area contributed by atoms with Crippen LogP contribution >= 0.6 is 0 Å². The molecule has 3 nitrogen and oxygen atoms in total. The van der Waals surface area contributed by atoms with Gasteiger partial charge in [-0.25, -0.2) is 4.39 Å². The van der Waals surface area contributed by atoms with E-state index in [1.807, 2.05) is 0 Å². The summed E-state index contributed by atoms with van der Waals surface area (Å²) in [4.78, 5) is 10.8. The Bertz CT molecular complexity index is 133. The normalized spacial score (nSPS) is 12.1. The molecule has 0 aromatic carbocycles. The fourth-order valence-corrected chi connectivity index (χ4v) is 0.480. The fourth-order valence-electron chi connectivity index (χ4n) is 0.480. The van der Waals surface area contributed by atoms with Gasteiger partial charge in [-0.15, -0.1) is 0 Å². The van der Waals surface area contributed by atoms with Gasteiger partial charge < -0.3 is 10.4 Å². The maximum Gasteiger partial charge on any atom is 0.222 e. The molecule has 0 aliphatic heterocycles. The van der Waals surface area contributed by atoms with Gasteiger partial charge in [-0.2, -0.15) is 0 Å². The molecule has 0 spiro atoms. The zero-order valence-corrected chi connectivity index (χ0v) is 10.2. The third-order valence-electron chi connectivity index (χ3n) is 1.22. The van der Waals surface area contributed by atoms with Crippen molar-refractivity contribution in [2.24, 2.45) is 5.92 Å². The average Bonchev–Trinajstić information content (AvgIpc) is 1.99. The largest absolute Gasteiger partial charge is 0.393 e. The van der Waals surface area contributed by atoms with Crippen molar-refractivity contribution in [1.82, 2.24) is 5.32 Å². The Hall–Kier alpha value is 0.464. The van der Waals surface area contributed by atoms with Crippen LogP contribution in [0.1, 0.15) is 13.8 Å². The summed E-state index contributed by atoms with van der Waals surface area (Å²) in [6.45, 7) is 2.80. The molecule has 12 heavy (non-hydrogen) atoms. The van der Waals surface area contributed by atoms with Crippen LogP contribution in [-0.2, 0) is 37.5 Å². The van der Waals surface area contributed by atoms with E-state index in [1.165, 1.54) is 0 Å². The second kappa shape index (κ2) is 8.08. The first-order chi connectivity index (χ1) is 5.07. The Labute approximate surface area is 97.0 Å². The number of aliphatic hydroxyl groups is 1. The number of hydrogen-bond donors (Lipinski definition) is 2. The molecule has 1 amide bonds. The zero-order chi connectivity index (χ0) is 8.85. The van der Waals surface area contributed by atoms with Crippen molar-refractivity contribution < 1.29 is 47.0 Å². The van der Waals surface area contributed by atoms with E-state index in [0.717, 1.165) is 0 Å². The van der Waals surface area contributed by atoms with E-state index >= 15 is 0 Å². The summed E-state index contributed by atoms with van der Waals surface area (Å²) in [5, 5.41) is 10.6. The van der Waals surface area contributed by atoms with E-state index in [-0.39, 0.29) is 51.1 Å². The monoisotopic (exact) mass is 252 g/mol. The zero-order valence-electron chi connectivity index (χ0n) is 7.38. The number of carbonyl (C=O) groups excluding carboxylic acids is 1. The minimum absolute atomic E-state index is 0. The molecule has 0 fully saturated rings. The molecular formula is C7H14FNO2Y. The first kappa shape index (κ1) is 15.0. The molecule has 0 aromatic rings. The molecule has 1 atom stereocenters. The fraction of sp³-hybridized carbons (Fsp3) is 0.857. The van der Waals surface area contributed by atoms with Crippen molar-refractivity contribution in [3.8, 4) is 0 Å². The first-order valence-corrected chi connectivity index (χ1v) is 3.60. The van der Waals surface area contributed by atoms with E-state index in [4.69, 9.17) is 5.11 Å². The summed E-state index contributed by atoms with van der Waals surface area (Å²) in [6, 6.07) is 0. The number of halogens is 1. The molecule has 0 aliphatic carbocycles. The standard InChI is InChI=1S/C7H14FNO2.Y/c1-5(2)7(11)9-3-6(8)4-10;/h5-6,10H,3-4H2,1-2H3,(H,9,11);. The molecule has 5 heteroatoms. The Morgan fingerprint density at radius 1 is 1.58 bits per heavy atom. The molecule has 0 saturated heterocycles. The molecule has 0 aliphatic rings. The minimum Gasteiger partial charge on any atom is -0.393 e. The third-order valence-corrected chi connectivity index (χ3v) is 1.22. The van der Waals surface area contributed by atoms with Gasteiger partial charge in [-0.3, -0.25) is 4.79 Å². The number of carbonyl (C=O) groups is 1. The van der Waals surface area contributed by atoms with Crippen LogP contribution < -0.4 is 5.32 Å². The summed E-state index contributed by atoms with van der Waals surface area (Å²) >= 11 is 0. The van der Waals surface area contributed by atoms with Gasteiger partial charge in [0.15, 0.2) is 0 Å². The Kier molecular flexibility index (Phi) is 10.1. The topological polar surface area (TPSA) is 49.3 Å². The number of amides is 1. The van der Waals surface area contributed by atoms with Gasteiger partial charge in [-0.1, -0.05) is 13.8 Å². The number of alkyl halides is 1. The van der Waals surface area contributed by atoms with Crippen molar-refractivity contribution in [2.75, 3.05) is 13.2 Å². The molecule has 0 rings (SSSR count). The molecule has 0 bridgehead atoms. The van der Waals surface area contributed by atoms with Crippen LogP contribution in [0.4, 0.5) is 4.39 Å². The quantitative estimate of drug-likeness (QED) is 0.744. The van der Waals surface area contributed by atoms with Gasteiger partial charge in [-0.05, 0) is 0 Å². The van der Waals surface area contributed by atoms with Gasteiger partial charge in [0.25, 0.3) is 0 Å². The van der Waals surface area contributed by atoms with E-state index in [2.05, 4.69) is 5.32 Å². The van der Waals surface area contributed by atoms with Crippen molar-refractivity contribution >= 4 is 5.91 Å². The maximum absolute atomic E-state index is 12.3. The number of rotatable bonds is 4. The second-order valence-corrected chi connectivity index (χ2v) is 2.68. The van der Waals surface area contributed by atoms with E-state index in [1.54, 1.807) is 13.8 Å². The van der Waals surface area contributed by atoms with Crippen molar-refractivity contribution in [1.29, 1.82) is 0 Å². The summed E-state index contributed by atoms with van der Waals surface area (Å²) in [5.74, 6) is -0.331. The molecule has 0 aromatic heterocycles. The van der Waals surface area contributed by atoms with Crippen LogP contribution in [-0.4, -0.2) is 30.3 Å². The second-order valence-electron chi connectivity index (χ2n) is 2.68. The van der Waals surface area contributed by atoms with Gasteiger partial charge in [0.2, 0.25) is 5.91 Å². The molecule has 1 unspecified atom stereocenters. The van der Waals surface area contributed by atoms with Gasteiger partial charge in [0.05, 0.1) is 13.2 Å². The average molecular weight is 252 g/mol. The number of nitrogens with one attached hydrogen (secondary N) is 1. The molecule has 1 radical (unpaired) electrons. The van der Waals surface area contributed by atoms with Gasteiger partial charge in [0, 0.05) is 38.6 Å². The molecule has 0 heterocycles. The van der Waals surface area contributed by atoms with E-state index in [0.29, 0.717) is 0 Å². The van der Waals surface area contributed by atoms with Crippen LogP contribution in [0, 0.1) is 5.92 Å². The van der Waals surface area contributed by atoms with E-state index < -0.39 is 12.8 Å². The Balaban J connectivity index is 0. The summed E-state index contributed by atoms with van der Waals surface area (Å²) in [6.07, 6.45) is -1.35. The van der Waals surface area contributed by atoms with Crippen molar-refractivity contribution in [3.63, 3.8) is 0 Å². The van der Waals surface area contributed by atoms with E-state index in [9.17, 15) is 9.18 Å². The Morgan fingerprint density at radius 2 is 2.08 bits per heavy atom. The summed E-state index contributed by atoms with van der Waals surface area (Å²) in [5.41, 5.74) is 0. The van der Waals surface area contributed by atoms with Gasteiger partial charge >= 0.3 is 0 Å². The van der Waals surface area contributed by atoms with Crippen molar-refractivity contribution in [3.05, 3.63) is 0 Å². The first-order valence-electron chi connectivity index (χ1n) is 3.60. The minimum atomic E-state index is -1.35. The number of hydrogen-bond acceptors (Lipinski definition) is 2. The maximum atomic E-state index is 12.3. The smallest absolute Gasteiger partial charge is 0.222 e. The number of aliphatic hydroxyl groups excluding tert-OH is 1. The summed E-state index contributed by atoms with van der Waals surface area (Å²) in [7, 11) is 0. The summed E-state index contributed by atoms with van der Waals surface area (Å²) < 4.78 is 12.3. The molecule has 2 N–H and O–H groups in total. The van der Waals surface area contributed by atoms with Crippen LogP contribution in [0.15, 0.2) is 0 Å². The van der Waals surface area contributed by atoms with Crippen LogP contribution in [0.2, 0.25) is 0 Å².